The third-order valence-electron chi connectivity index (χ3n) is 13.6. The van der Waals surface area contributed by atoms with Gasteiger partial charge in [-0.05, 0) is 151 Å². The number of hydrogen-bond donors (Lipinski definition) is 2. The average molecular weight is 939 g/mol. The van der Waals surface area contributed by atoms with Gasteiger partial charge in [0.05, 0.1) is 69.3 Å². The van der Waals surface area contributed by atoms with Crippen molar-refractivity contribution in [2.24, 2.45) is 0 Å². The van der Waals surface area contributed by atoms with Gasteiger partial charge in [-0.1, -0.05) is 119 Å². The third-order valence-corrected chi connectivity index (χ3v) is 13.6. The van der Waals surface area contributed by atoms with Gasteiger partial charge in [-0.3, -0.25) is 0 Å². The maximum atomic E-state index is 10.3. The Bertz CT molecular complexity index is 3450. The molecule has 8 heteroatoms. The Kier molecular flexibility index (Phi) is 11.9. The molecule has 8 nitrogen and oxygen atoms in total. The van der Waals surface area contributed by atoms with Crippen LogP contribution < -0.4 is 0 Å². The van der Waals surface area contributed by atoms with Crippen LogP contribution in [0.3, 0.4) is 0 Å². The molecule has 0 radical (unpaired) electrons. The zero-order valence-electron chi connectivity index (χ0n) is 43.2. The molecule has 8 bridgehead atoms. The van der Waals surface area contributed by atoms with E-state index >= 15 is 0 Å². The molecule has 0 unspecified atom stereocenters. The molecule has 7 aromatic rings. The van der Waals surface area contributed by atoms with E-state index in [2.05, 4.69) is 166 Å². The molecule has 2 N–H and O–H groups in total. The lowest BCUT2D eigenvalue weighted by molar-refractivity contribution is 0.568. The number of hydrogen-bond acceptors (Lipinski definition) is 6. The number of rotatable bonds is 4. The van der Waals surface area contributed by atoms with E-state index in [-0.39, 0.29) is 21.7 Å². The molecule has 0 fully saturated rings. The number of nitrogens with one attached hydrogen (secondary N) is 2. The molecule has 0 saturated carbocycles. The first-order chi connectivity index (χ1) is 33.9. The van der Waals surface area contributed by atoms with Crippen molar-refractivity contribution in [2.45, 2.75) is 105 Å². The molecule has 0 saturated heterocycles. The number of aromatic nitrogens is 4. The van der Waals surface area contributed by atoms with E-state index in [1.165, 1.54) is 22.3 Å². The molecule has 9 rings (SSSR count). The number of benzene rings is 4. The van der Waals surface area contributed by atoms with E-state index in [9.17, 15) is 21.0 Å². The summed E-state index contributed by atoms with van der Waals surface area (Å²) in [4.78, 5) is 18.7. The lowest BCUT2D eigenvalue weighted by Crippen LogP contribution is -2.16. The second kappa shape index (κ2) is 17.7. The third kappa shape index (κ3) is 9.29. The van der Waals surface area contributed by atoms with Crippen LogP contribution in [0.15, 0.2) is 97.1 Å². The topological polar surface area (TPSA) is 153 Å². The quantitative estimate of drug-likeness (QED) is 0.179. The van der Waals surface area contributed by atoms with Crippen LogP contribution in [0.1, 0.15) is 150 Å². The molecule has 2 aliphatic rings. The molecule has 0 amide bonds. The van der Waals surface area contributed by atoms with E-state index in [4.69, 9.17) is 9.97 Å². The summed E-state index contributed by atoms with van der Waals surface area (Å²) < 4.78 is 0. The van der Waals surface area contributed by atoms with Gasteiger partial charge in [0.15, 0.2) is 0 Å². The number of nitriles is 4. The van der Waals surface area contributed by atoms with Crippen LogP contribution in [0.2, 0.25) is 0 Å². The first-order valence-electron chi connectivity index (χ1n) is 24.4. The summed E-state index contributed by atoms with van der Waals surface area (Å²) in [6.07, 6.45) is 8.12. The van der Waals surface area contributed by atoms with Crippen LogP contribution in [0.25, 0.3) is 90.9 Å². The Morgan fingerprint density at radius 1 is 0.319 bits per heavy atom. The fourth-order valence-electron chi connectivity index (χ4n) is 9.50. The van der Waals surface area contributed by atoms with E-state index < -0.39 is 0 Å². The summed E-state index contributed by atoms with van der Waals surface area (Å²) in [6.45, 7) is 26.7. The molecule has 0 aliphatic carbocycles. The molecule has 0 spiro atoms. The highest BCUT2D eigenvalue weighted by molar-refractivity contribution is 6.00. The van der Waals surface area contributed by atoms with Crippen LogP contribution in [-0.2, 0) is 21.7 Å². The van der Waals surface area contributed by atoms with Crippen LogP contribution >= 0.6 is 0 Å². The average Bonchev–Trinajstić information content (AvgIpc) is 4.18. The van der Waals surface area contributed by atoms with Crippen molar-refractivity contribution in [3.05, 3.63) is 164 Å². The molecular formula is C64H58N8. The van der Waals surface area contributed by atoms with Crippen LogP contribution in [0.5, 0.6) is 0 Å². The molecule has 4 aromatic carbocycles. The smallest absolute Gasteiger partial charge is 0.0992 e. The Labute approximate surface area is 423 Å². The van der Waals surface area contributed by atoms with Crippen molar-refractivity contribution in [3.63, 3.8) is 0 Å². The Morgan fingerprint density at radius 2 is 0.542 bits per heavy atom. The highest BCUT2D eigenvalue weighted by Crippen LogP contribution is 2.43. The summed E-state index contributed by atoms with van der Waals surface area (Å²) in [5.74, 6) is 0. The van der Waals surface area contributed by atoms with Gasteiger partial charge in [0.1, 0.15) is 0 Å². The van der Waals surface area contributed by atoms with E-state index in [1.54, 1.807) is 12.1 Å². The van der Waals surface area contributed by atoms with Gasteiger partial charge in [-0.25, -0.2) is 9.97 Å². The minimum absolute atomic E-state index is 0.179. The van der Waals surface area contributed by atoms with Crippen molar-refractivity contribution in [2.75, 3.05) is 0 Å². The minimum atomic E-state index is -0.179. The van der Waals surface area contributed by atoms with Gasteiger partial charge in [-0.2, -0.15) is 21.0 Å². The van der Waals surface area contributed by atoms with Crippen LogP contribution in [0.4, 0.5) is 0 Å². The molecule has 2 aliphatic heterocycles. The van der Waals surface area contributed by atoms with Gasteiger partial charge < -0.3 is 9.97 Å². The van der Waals surface area contributed by atoms with Crippen molar-refractivity contribution >= 4 is 46.4 Å². The maximum Gasteiger partial charge on any atom is 0.0992 e. The monoisotopic (exact) mass is 938 g/mol. The molecule has 72 heavy (non-hydrogen) atoms. The van der Waals surface area contributed by atoms with Crippen LogP contribution in [0, 0.1) is 45.3 Å². The zero-order valence-corrected chi connectivity index (χ0v) is 43.2. The summed E-state index contributed by atoms with van der Waals surface area (Å²) in [6, 6.07) is 41.5. The Hall–Kier alpha value is -8.56. The maximum absolute atomic E-state index is 10.3. The lowest BCUT2D eigenvalue weighted by Gasteiger charge is -2.26. The predicted molar refractivity (Wildman–Crippen MR) is 294 cm³/mol. The Balaban J connectivity index is 1.54. The molecular weight excluding hydrogens is 881 g/mol. The summed E-state index contributed by atoms with van der Waals surface area (Å²) in [5.41, 5.74) is 17.8. The van der Waals surface area contributed by atoms with Gasteiger partial charge in [0, 0.05) is 44.3 Å². The van der Waals surface area contributed by atoms with Crippen LogP contribution in [-0.4, -0.2) is 19.9 Å². The largest absolute Gasteiger partial charge is 0.354 e. The Morgan fingerprint density at radius 3 is 0.750 bits per heavy atom. The summed E-state index contributed by atoms with van der Waals surface area (Å²) in [7, 11) is 0. The second-order valence-corrected chi connectivity index (χ2v) is 23.1. The fourth-order valence-corrected chi connectivity index (χ4v) is 9.50. The number of H-pyrrole nitrogens is 2. The lowest BCUT2D eigenvalue weighted by atomic mass is 9.78. The minimum Gasteiger partial charge on any atom is -0.354 e. The first-order valence-corrected chi connectivity index (χ1v) is 24.4. The van der Waals surface area contributed by atoms with Crippen molar-refractivity contribution in [3.8, 4) is 68.8 Å². The van der Waals surface area contributed by atoms with Crippen molar-refractivity contribution in [1.29, 1.82) is 21.0 Å². The number of aromatic amines is 2. The van der Waals surface area contributed by atoms with Gasteiger partial charge in [-0.15, -0.1) is 0 Å². The highest BCUT2D eigenvalue weighted by atomic mass is 14.8. The number of nitrogens with zero attached hydrogens (tertiary/aromatic N) is 6. The fraction of sp³-hybridized carbons (Fsp3) is 0.250. The number of fused-ring (bicyclic) bond motifs is 8. The normalized spacial score (nSPS) is 12.6. The SMILES string of the molecule is CC(C)(C)c1cc(-c2c3nc(c(-c4cc(C#N)cc(C#N)c4)c4ccc([nH]4)c(-c4cc(C(C)(C)C)cc(C(C)(C)C)c4)c4nc(c(-c5cc(C#N)cc(C#N)c5)c5ccc2[nH]5)C=C4)C=C3)cc(C(C)(C)C)c1. The summed E-state index contributed by atoms with van der Waals surface area (Å²) in [5, 5.41) is 41.1. The molecule has 354 valence electrons. The van der Waals surface area contributed by atoms with Crippen molar-refractivity contribution < 1.29 is 0 Å². The molecule has 3 aromatic heterocycles. The first kappa shape index (κ1) is 48.5. The van der Waals surface area contributed by atoms with Gasteiger partial charge >= 0.3 is 0 Å². The zero-order chi connectivity index (χ0) is 51.7. The second-order valence-electron chi connectivity index (χ2n) is 23.1. The standard InChI is InChI=1S/C64H58N8/c1-61(2,3)45-27-43(28-46(31-45)62(4,5)6)59-53-17-13-49(69-53)57(41-23-37(33-65)21-38(24-41)34-66)51-15-19-55(71-51)60(44-29-47(63(7,8)9)32-48(30-44)64(10,11)12)56-20-16-52(72-56)58(50-14-18-54(59)70-50)42-25-39(35-67)22-40(26-42)36-68/h13-32,69,72H,1-12H3. The van der Waals surface area contributed by atoms with E-state index in [1.807, 2.05) is 60.7 Å². The highest BCUT2D eigenvalue weighted by Gasteiger charge is 2.26. The molecule has 5 heterocycles. The predicted octanol–water partition coefficient (Wildman–Crippen LogP) is 16.0. The van der Waals surface area contributed by atoms with Gasteiger partial charge in [0.25, 0.3) is 0 Å². The summed E-state index contributed by atoms with van der Waals surface area (Å²) >= 11 is 0. The van der Waals surface area contributed by atoms with Gasteiger partial charge in [0.2, 0.25) is 0 Å². The van der Waals surface area contributed by atoms with E-state index in [0.29, 0.717) is 56.2 Å². The molecule has 0 atom stereocenters. The van der Waals surface area contributed by atoms with E-state index in [0.717, 1.165) is 55.4 Å². The van der Waals surface area contributed by atoms with Crippen molar-refractivity contribution in [1.82, 2.24) is 19.9 Å².